The zero-order valence-electron chi connectivity index (χ0n) is 18.9. The topological polar surface area (TPSA) is 66.8 Å². The minimum Gasteiger partial charge on any atom is -0.507 e. The van der Waals surface area contributed by atoms with Gasteiger partial charge in [0.05, 0.1) is 18.2 Å². The molecule has 1 heterocycles. The minimum absolute atomic E-state index is 0.0129. The summed E-state index contributed by atoms with van der Waals surface area (Å²) in [4.78, 5) is 28.1. The van der Waals surface area contributed by atoms with Crippen molar-refractivity contribution in [1.29, 1.82) is 0 Å². The Morgan fingerprint density at radius 2 is 1.69 bits per heavy atom. The fourth-order valence-electron chi connectivity index (χ4n) is 4.47. The summed E-state index contributed by atoms with van der Waals surface area (Å²) >= 11 is 6.21. The molecular weight excluding hydrogens is 462 g/mol. The first-order chi connectivity index (χ1) is 17.0. The highest BCUT2D eigenvalue weighted by molar-refractivity contribution is 6.51. The highest BCUT2D eigenvalue weighted by Crippen LogP contribution is 2.43. The van der Waals surface area contributed by atoms with E-state index in [2.05, 4.69) is 0 Å². The smallest absolute Gasteiger partial charge is 0.300 e. The molecule has 174 valence electrons. The van der Waals surface area contributed by atoms with Gasteiger partial charge in [-0.15, -0.1) is 0 Å². The molecule has 1 fully saturated rings. The highest BCUT2D eigenvalue weighted by Gasteiger charge is 2.47. The zero-order chi connectivity index (χ0) is 24.5. The number of hydrogen-bond donors (Lipinski definition) is 1. The lowest BCUT2D eigenvalue weighted by Gasteiger charge is -2.26. The Hall–Kier alpha value is -4.09. The third-order valence-electron chi connectivity index (χ3n) is 6.04. The molecule has 1 saturated heterocycles. The second-order valence-corrected chi connectivity index (χ2v) is 8.65. The molecule has 6 heteroatoms. The predicted molar refractivity (Wildman–Crippen MR) is 138 cm³/mol. The molecule has 4 aromatic rings. The van der Waals surface area contributed by atoms with E-state index in [1.54, 1.807) is 42.5 Å². The lowest BCUT2D eigenvalue weighted by atomic mass is 9.94. The molecule has 0 bridgehead atoms. The van der Waals surface area contributed by atoms with Gasteiger partial charge in [0, 0.05) is 16.3 Å². The number of benzene rings is 4. The molecule has 0 spiro atoms. The van der Waals surface area contributed by atoms with Gasteiger partial charge in [-0.1, -0.05) is 66.2 Å². The fraction of sp³-hybridized carbons (Fsp3) is 0.103. The Morgan fingerprint density at radius 3 is 2.46 bits per heavy atom. The molecule has 1 atom stereocenters. The SMILES string of the molecule is CCOc1cccc(C2/C(=C(/O)c3ccc4ccccc4c3)C(=O)C(=O)N2c2cccc(Cl)c2)c1. The van der Waals surface area contributed by atoms with Gasteiger partial charge in [-0.25, -0.2) is 0 Å². The van der Waals surface area contributed by atoms with Crippen molar-refractivity contribution in [2.24, 2.45) is 0 Å². The van der Waals surface area contributed by atoms with E-state index >= 15 is 0 Å². The van der Waals surface area contributed by atoms with Crippen LogP contribution in [0.1, 0.15) is 24.1 Å². The van der Waals surface area contributed by atoms with Crippen molar-refractivity contribution >= 4 is 45.5 Å². The van der Waals surface area contributed by atoms with E-state index in [-0.39, 0.29) is 11.3 Å². The van der Waals surface area contributed by atoms with Crippen molar-refractivity contribution < 1.29 is 19.4 Å². The summed E-state index contributed by atoms with van der Waals surface area (Å²) < 4.78 is 5.66. The van der Waals surface area contributed by atoms with Crippen LogP contribution in [-0.4, -0.2) is 23.4 Å². The molecule has 4 aromatic carbocycles. The average Bonchev–Trinajstić information content (AvgIpc) is 3.14. The summed E-state index contributed by atoms with van der Waals surface area (Å²) in [5.74, 6) is -1.12. The van der Waals surface area contributed by atoms with Gasteiger partial charge in [0.2, 0.25) is 0 Å². The molecule has 35 heavy (non-hydrogen) atoms. The van der Waals surface area contributed by atoms with Crippen LogP contribution in [0.3, 0.4) is 0 Å². The first kappa shape index (κ1) is 22.7. The van der Waals surface area contributed by atoms with Gasteiger partial charge in [-0.05, 0) is 59.7 Å². The summed E-state index contributed by atoms with van der Waals surface area (Å²) in [6.07, 6.45) is 0. The van der Waals surface area contributed by atoms with Crippen molar-refractivity contribution in [1.82, 2.24) is 0 Å². The van der Waals surface area contributed by atoms with Gasteiger partial charge in [0.1, 0.15) is 11.5 Å². The molecule has 0 radical (unpaired) electrons. The molecule has 0 aliphatic carbocycles. The van der Waals surface area contributed by atoms with E-state index in [4.69, 9.17) is 16.3 Å². The molecule has 0 aromatic heterocycles. The van der Waals surface area contributed by atoms with Gasteiger partial charge >= 0.3 is 0 Å². The molecule has 1 aliphatic rings. The van der Waals surface area contributed by atoms with E-state index in [0.29, 0.717) is 34.2 Å². The number of aliphatic hydroxyl groups excluding tert-OH is 1. The molecule has 5 rings (SSSR count). The molecule has 5 nitrogen and oxygen atoms in total. The number of anilines is 1. The molecule has 1 N–H and O–H groups in total. The Kier molecular flexibility index (Phi) is 6.01. The van der Waals surface area contributed by atoms with Crippen LogP contribution < -0.4 is 9.64 Å². The van der Waals surface area contributed by atoms with E-state index in [9.17, 15) is 14.7 Å². The first-order valence-electron chi connectivity index (χ1n) is 11.3. The Balaban J connectivity index is 1.73. The Labute approximate surface area is 207 Å². The normalized spacial score (nSPS) is 17.2. The van der Waals surface area contributed by atoms with Gasteiger partial charge in [0.25, 0.3) is 11.7 Å². The zero-order valence-corrected chi connectivity index (χ0v) is 19.7. The number of carbonyl (C=O) groups excluding carboxylic acids is 2. The third-order valence-corrected chi connectivity index (χ3v) is 6.27. The van der Waals surface area contributed by atoms with Crippen LogP contribution in [0.25, 0.3) is 16.5 Å². The van der Waals surface area contributed by atoms with Crippen LogP contribution in [0, 0.1) is 0 Å². The summed E-state index contributed by atoms with van der Waals surface area (Å²) in [6.45, 7) is 2.35. The molecule has 0 saturated carbocycles. The summed E-state index contributed by atoms with van der Waals surface area (Å²) in [5.41, 5.74) is 1.57. The Bertz CT molecular complexity index is 1490. The van der Waals surface area contributed by atoms with E-state index in [1.165, 1.54) is 4.90 Å². The fourth-order valence-corrected chi connectivity index (χ4v) is 4.66. The second-order valence-electron chi connectivity index (χ2n) is 8.22. The van der Waals surface area contributed by atoms with Crippen molar-refractivity contribution in [2.45, 2.75) is 13.0 Å². The lowest BCUT2D eigenvalue weighted by Crippen LogP contribution is -2.29. The van der Waals surface area contributed by atoms with Crippen molar-refractivity contribution in [3.8, 4) is 5.75 Å². The number of amides is 1. The summed E-state index contributed by atoms with van der Waals surface area (Å²) in [5, 5.41) is 13.8. The maximum atomic E-state index is 13.4. The number of ether oxygens (including phenoxy) is 1. The monoisotopic (exact) mass is 483 g/mol. The molecule has 1 aliphatic heterocycles. The maximum Gasteiger partial charge on any atom is 0.300 e. The minimum atomic E-state index is -0.861. The van der Waals surface area contributed by atoms with Crippen LogP contribution >= 0.6 is 11.6 Å². The van der Waals surface area contributed by atoms with Gasteiger partial charge < -0.3 is 9.84 Å². The van der Waals surface area contributed by atoms with Crippen molar-refractivity contribution in [3.05, 3.63) is 113 Å². The highest BCUT2D eigenvalue weighted by atomic mass is 35.5. The van der Waals surface area contributed by atoms with Gasteiger partial charge in [-0.3, -0.25) is 14.5 Å². The van der Waals surface area contributed by atoms with E-state index < -0.39 is 17.7 Å². The average molecular weight is 484 g/mol. The predicted octanol–water partition coefficient (Wildman–Crippen LogP) is 6.52. The molecular formula is C29H22ClNO4. The number of aliphatic hydroxyl groups is 1. The number of carbonyl (C=O) groups is 2. The number of halogens is 1. The molecule has 1 unspecified atom stereocenters. The van der Waals surface area contributed by atoms with Crippen LogP contribution in [0.5, 0.6) is 5.75 Å². The molecule has 1 amide bonds. The quantitative estimate of drug-likeness (QED) is 0.199. The van der Waals surface area contributed by atoms with Crippen LogP contribution in [0.2, 0.25) is 5.02 Å². The van der Waals surface area contributed by atoms with Gasteiger partial charge in [-0.2, -0.15) is 0 Å². The van der Waals surface area contributed by atoms with Gasteiger partial charge in [0.15, 0.2) is 0 Å². The third kappa shape index (κ3) is 4.15. The van der Waals surface area contributed by atoms with E-state index in [1.807, 2.05) is 55.5 Å². The standard InChI is InChI=1S/C29H22ClNO4/c1-2-35-24-12-5-9-20(16-24)26-25(27(32)21-14-13-18-7-3-4-8-19(18)15-21)28(33)29(34)31(26)23-11-6-10-22(30)17-23/h3-17,26,32H,2H2,1H3/b27-25-. The summed E-state index contributed by atoms with van der Waals surface area (Å²) in [7, 11) is 0. The number of nitrogens with zero attached hydrogens (tertiary/aromatic N) is 1. The Morgan fingerprint density at radius 1 is 0.914 bits per heavy atom. The number of ketones is 1. The number of fused-ring (bicyclic) bond motifs is 1. The second kappa shape index (κ2) is 9.28. The number of Topliss-reactive ketones (excluding diaryl/α,β-unsaturated/α-hetero) is 1. The van der Waals surface area contributed by atoms with Crippen molar-refractivity contribution in [2.75, 3.05) is 11.5 Å². The first-order valence-corrected chi connectivity index (χ1v) is 11.6. The number of rotatable bonds is 5. The summed E-state index contributed by atoms with van der Waals surface area (Å²) in [6, 6.07) is 26.3. The van der Waals surface area contributed by atoms with Crippen LogP contribution in [-0.2, 0) is 9.59 Å². The van der Waals surface area contributed by atoms with E-state index in [0.717, 1.165) is 10.8 Å². The maximum absolute atomic E-state index is 13.4. The van der Waals surface area contributed by atoms with Crippen LogP contribution in [0.4, 0.5) is 5.69 Å². The number of hydrogen-bond acceptors (Lipinski definition) is 4. The largest absolute Gasteiger partial charge is 0.507 e. The lowest BCUT2D eigenvalue weighted by molar-refractivity contribution is -0.132. The van der Waals surface area contributed by atoms with Crippen LogP contribution in [0.15, 0.2) is 96.6 Å². The van der Waals surface area contributed by atoms with Crippen molar-refractivity contribution in [3.63, 3.8) is 0 Å².